The fourth-order valence-electron chi connectivity index (χ4n) is 3.83. The Bertz CT molecular complexity index is 759. The molecular weight excluding hydrogens is 352 g/mol. The van der Waals surface area contributed by atoms with Crippen LogP contribution in [0, 0.1) is 0 Å². The van der Waals surface area contributed by atoms with Crippen LogP contribution in [0.3, 0.4) is 0 Å². The van der Waals surface area contributed by atoms with E-state index >= 15 is 0 Å². The fourth-order valence-corrected chi connectivity index (χ4v) is 3.83. The van der Waals surface area contributed by atoms with Crippen LogP contribution in [0.5, 0.6) is 5.75 Å². The summed E-state index contributed by atoms with van der Waals surface area (Å²) in [6.45, 7) is 7.09. The molecule has 0 saturated carbocycles. The van der Waals surface area contributed by atoms with Gasteiger partial charge in [-0.25, -0.2) is 10.0 Å². The van der Waals surface area contributed by atoms with E-state index in [0.29, 0.717) is 0 Å². The molecule has 1 aromatic heterocycles. The van der Waals surface area contributed by atoms with Gasteiger partial charge in [0.05, 0.1) is 18.3 Å². The van der Waals surface area contributed by atoms with Crippen LogP contribution in [-0.4, -0.2) is 61.1 Å². The van der Waals surface area contributed by atoms with Crippen molar-refractivity contribution in [1.82, 2.24) is 14.9 Å². The number of piperazine rings is 1. The number of pyridine rings is 1. The van der Waals surface area contributed by atoms with E-state index in [4.69, 9.17) is 4.74 Å². The lowest BCUT2D eigenvalue weighted by atomic mass is 10.1. The number of carbonyl (C=O) groups is 1. The van der Waals surface area contributed by atoms with E-state index in [-0.39, 0.29) is 0 Å². The average molecular weight is 385 g/mol. The van der Waals surface area contributed by atoms with Crippen molar-refractivity contribution in [3.05, 3.63) is 30.5 Å². The molecule has 1 fully saturated rings. The fraction of sp³-hybridized carbons (Fsp3) is 0.545. The van der Waals surface area contributed by atoms with Crippen molar-refractivity contribution < 1.29 is 9.53 Å². The van der Waals surface area contributed by atoms with Crippen LogP contribution >= 0.6 is 0 Å². The van der Waals surface area contributed by atoms with Crippen molar-refractivity contribution in [2.45, 2.75) is 39.0 Å². The van der Waals surface area contributed by atoms with Gasteiger partial charge >= 0.3 is 0 Å². The Morgan fingerprint density at radius 2 is 1.89 bits per heavy atom. The van der Waals surface area contributed by atoms with Crippen LogP contribution in [0.2, 0.25) is 0 Å². The number of benzene rings is 1. The van der Waals surface area contributed by atoms with Gasteiger partial charge < -0.3 is 9.64 Å². The van der Waals surface area contributed by atoms with Crippen molar-refractivity contribution in [3.8, 4) is 5.75 Å². The normalized spacial score (nSPS) is 15.6. The SMILES string of the molecule is CCCCCCCN1CCN(N(C=O)c2ccnc3ccc(OC)cc23)CC1. The first kappa shape index (κ1) is 20.6. The Hall–Kier alpha value is -2.18. The van der Waals surface area contributed by atoms with Crippen molar-refractivity contribution in [2.24, 2.45) is 0 Å². The van der Waals surface area contributed by atoms with Gasteiger partial charge in [-0.2, -0.15) is 0 Å². The molecular formula is C22H32N4O2. The predicted molar refractivity (Wildman–Crippen MR) is 114 cm³/mol. The Morgan fingerprint density at radius 3 is 2.61 bits per heavy atom. The zero-order valence-corrected chi connectivity index (χ0v) is 17.1. The zero-order chi connectivity index (χ0) is 19.8. The van der Waals surface area contributed by atoms with Gasteiger partial charge in [-0.3, -0.25) is 9.78 Å². The molecule has 3 rings (SSSR count). The second kappa shape index (κ2) is 10.4. The van der Waals surface area contributed by atoms with E-state index in [2.05, 4.69) is 21.8 Å². The summed E-state index contributed by atoms with van der Waals surface area (Å²) in [6.07, 6.45) is 9.23. The number of amides is 1. The monoisotopic (exact) mass is 384 g/mol. The van der Waals surface area contributed by atoms with E-state index in [1.54, 1.807) is 18.3 Å². The number of hydrogen-bond acceptors (Lipinski definition) is 5. The van der Waals surface area contributed by atoms with Crippen molar-refractivity contribution >= 4 is 23.0 Å². The number of unbranched alkanes of at least 4 members (excludes halogenated alkanes) is 4. The summed E-state index contributed by atoms with van der Waals surface area (Å²) < 4.78 is 5.36. The number of anilines is 1. The lowest BCUT2D eigenvalue weighted by Crippen LogP contribution is -2.53. The molecule has 0 aliphatic carbocycles. The summed E-state index contributed by atoms with van der Waals surface area (Å²) in [5.74, 6) is 0.764. The summed E-state index contributed by atoms with van der Waals surface area (Å²) in [4.78, 5) is 18.9. The van der Waals surface area contributed by atoms with Gasteiger partial charge in [0.25, 0.3) is 0 Å². The molecule has 28 heavy (non-hydrogen) atoms. The largest absolute Gasteiger partial charge is 0.497 e. The highest BCUT2D eigenvalue weighted by Crippen LogP contribution is 2.29. The predicted octanol–water partition coefficient (Wildman–Crippen LogP) is 3.71. The number of aromatic nitrogens is 1. The molecule has 0 unspecified atom stereocenters. The van der Waals surface area contributed by atoms with Gasteiger partial charge in [0, 0.05) is 37.8 Å². The molecule has 6 heteroatoms. The Balaban J connectivity index is 1.64. The number of ether oxygens (including phenoxy) is 1. The molecule has 1 saturated heterocycles. The minimum Gasteiger partial charge on any atom is -0.497 e. The Labute approximate surface area is 168 Å². The quantitative estimate of drug-likeness (QED) is 0.462. The van der Waals surface area contributed by atoms with E-state index < -0.39 is 0 Å². The number of hydrogen-bond donors (Lipinski definition) is 0. The molecule has 0 radical (unpaired) electrons. The molecule has 152 valence electrons. The van der Waals surface area contributed by atoms with Crippen LogP contribution in [0.4, 0.5) is 5.69 Å². The van der Waals surface area contributed by atoms with Gasteiger partial charge in [0.1, 0.15) is 5.75 Å². The molecule has 0 bridgehead atoms. The number of hydrazine groups is 1. The van der Waals surface area contributed by atoms with Crippen molar-refractivity contribution in [3.63, 3.8) is 0 Å². The first-order chi connectivity index (χ1) is 13.8. The number of rotatable bonds is 10. The van der Waals surface area contributed by atoms with Crippen LogP contribution in [0.15, 0.2) is 30.5 Å². The summed E-state index contributed by atoms with van der Waals surface area (Å²) in [7, 11) is 1.65. The maximum Gasteiger partial charge on any atom is 0.228 e. The van der Waals surface area contributed by atoms with Gasteiger partial charge in [-0.15, -0.1) is 0 Å². The second-order valence-corrected chi connectivity index (χ2v) is 7.37. The summed E-state index contributed by atoms with van der Waals surface area (Å²) in [6, 6.07) is 7.66. The lowest BCUT2D eigenvalue weighted by molar-refractivity contribution is -0.110. The summed E-state index contributed by atoms with van der Waals surface area (Å²) in [5.41, 5.74) is 1.71. The number of fused-ring (bicyclic) bond motifs is 1. The topological polar surface area (TPSA) is 48.9 Å². The smallest absolute Gasteiger partial charge is 0.228 e. The third-order valence-electron chi connectivity index (χ3n) is 5.50. The minimum atomic E-state index is 0.764. The van der Waals surface area contributed by atoms with Crippen molar-refractivity contribution in [1.29, 1.82) is 0 Å². The number of methoxy groups -OCH3 is 1. The third-order valence-corrected chi connectivity index (χ3v) is 5.50. The van der Waals surface area contributed by atoms with Crippen LogP contribution in [0.1, 0.15) is 39.0 Å². The molecule has 1 amide bonds. The third kappa shape index (κ3) is 5.00. The maximum atomic E-state index is 12.0. The van der Waals surface area contributed by atoms with Gasteiger partial charge in [-0.1, -0.05) is 32.6 Å². The Morgan fingerprint density at radius 1 is 1.11 bits per heavy atom. The standard InChI is InChI=1S/C22H32N4O2/c1-3-4-5-6-7-12-24-13-15-25(16-14-24)26(18-27)22-10-11-23-21-9-8-19(28-2)17-20(21)22/h8-11,17-18H,3-7,12-16H2,1-2H3. The van der Waals surface area contributed by atoms with Crippen LogP contribution < -0.4 is 9.75 Å². The van der Waals surface area contributed by atoms with E-state index in [9.17, 15) is 4.79 Å². The molecule has 6 nitrogen and oxygen atoms in total. The first-order valence-electron chi connectivity index (χ1n) is 10.4. The van der Waals surface area contributed by atoms with Crippen LogP contribution in [0.25, 0.3) is 10.9 Å². The highest BCUT2D eigenvalue weighted by molar-refractivity contribution is 5.96. The first-order valence-corrected chi connectivity index (χ1v) is 10.4. The highest BCUT2D eigenvalue weighted by Gasteiger charge is 2.23. The maximum absolute atomic E-state index is 12.0. The van der Waals surface area contributed by atoms with E-state index in [1.807, 2.05) is 24.3 Å². The average Bonchev–Trinajstić information content (AvgIpc) is 2.75. The van der Waals surface area contributed by atoms with Crippen LogP contribution in [-0.2, 0) is 4.79 Å². The van der Waals surface area contributed by atoms with Gasteiger partial charge in [0.15, 0.2) is 0 Å². The summed E-state index contributed by atoms with van der Waals surface area (Å²) in [5, 5.41) is 4.80. The van der Waals surface area contributed by atoms with Crippen molar-refractivity contribution in [2.75, 3.05) is 44.8 Å². The molecule has 0 atom stereocenters. The molecule has 0 N–H and O–H groups in total. The second-order valence-electron chi connectivity index (χ2n) is 7.37. The summed E-state index contributed by atoms with van der Waals surface area (Å²) >= 11 is 0. The number of nitrogens with zero attached hydrogens (tertiary/aromatic N) is 4. The lowest BCUT2D eigenvalue weighted by Gasteiger charge is -2.39. The minimum absolute atomic E-state index is 0.764. The zero-order valence-electron chi connectivity index (χ0n) is 17.1. The van der Waals surface area contributed by atoms with E-state index in [1.165, 1.54) is 32.1 Å². The Kier molecular flexibility index (Phi) is 7.62. The van der Waals surface area contributed by atoms with Gasteiger partial charge in [-0.05, 0) is 37.2 Å². The molecule has 2 aromatic rings. The molecule has 1 aliphatic rings. The molecule has 0 spiro atoms. The molecule has 1 aromatic carbocycles. The number of carbonyl (C=O) groups excluding carboxylic acids is 1. The molecule has 1 aliphatic heterocycles. The van der Waals surface area contributed by atoms with Gasteiger partial charge in [0.2, 0.25) is 6.41 Å². The highest BCUT2D eigenvalue weighted by atomic mass is 16.5. The van der Waals surface area contributed by atoms with E-state index in [0.717, 1.165) is 61.5 Å². The molecule has 2 heterocycles.